The van der Waals surface area contributed by atoms with E-state index in [0.29, 0.717) is 12.1 Å². The number of carbonyl (C=O) groups is 1. The SMILES string of the molecule is CC(C)N(Cc1ccccc1)C(=O)c1cnc(NCCc2cccc(C(F)(F)F)c2)nc1-c1ccccc1F. The van der Waals surface area contributed by atoms with Crippen molar-refractivity contribution < 1.29 is 22.4 Å². The van der Waals surface area contributed by atoms with E-state index < -0.39 is 17.6 Å². The van der Waals surface area contributed by atoms with Crippen molar-refractivity contribution in [2.45, 2.75) is 39.0 Å². The first-order chi connectivity index (χ1) is 18.6. The Bertz CT molecular complexity index is 1420. The molecule has 202 valence electrons. The largest absolute Gasteiger partial charge is 0.416 e. The molecular formula is C30H28F4N4O. The molecule has 0 saturated carbocycles. The molecule has 5 nitrogen and oxygen atoms in total. The Labute approximate surface area is 224 Å². The van der Waals surface area contributed by atoms with Gasteiger partial charge in [-0.05, 0) is 49.6 Å². The van der Waals surface area contributed by atoms with Crippen molar-refractivity contribution in [2.24, 2.45) is 0 Å². The number of aromatic nitrogens is 2. The van der Waals surface area contributed by atoms with E-state index in [9.17, 15) is 22.4 Å². The van der Waals surface area contributed by atoms with Gasteiger partial charge in [-0.3, -0.25) is 4.79 Å². The second-order valence-electron chi connectivity index (χ2n) is 9.32. The molecule has 9 heteroatoms. The predicted octanol–water partition coefficient (Wildman–Crippen LogP) is 7.01. The molecule has 1 amide bonds. The molecule has 0 bridgehead atoms. The van der Waals surface area contributed by atoms with E-state index in [4.69, 9.17) is 0 Å². The van der Waals surface area contributed by atoms with Gasteiger partial charge < -0.3 is 10.2 Å². The summed E-state index contributed by atoms with van der Waals surface area (Å²) in [7, 11) is 0. The van der Waals surface area contributed by atoms with Crippen LogP contribution in [0.15, 0.2) is 85.1 Å². The summed E-state index contributed by atoms with van der Waals surface area (Å²) < 4.78 is 54.0. The van der Waals surface area contributed by atoms with Crippen molar-refractivity contribution >= 4 is 11.9 Å². The number of amides is 1. The minimum atomic E-state index is -4.42. The molecule has 0 spiro atoms. The molecule has 0 saturated heterocycles. The van der Waals surface area contributed by atoms with Crippen molar-refractivity contribution in [1.82, 2.24) is 14.9 Å². The maximum absolute atomic E-state index is 14.9. The van der Waals surface area contributed by atoms with Crippen LogP contribution >= 0.6 is 0 Å². The van der Waals surface area contributed by atoms with Crippen LogP contribution in [-0.4, -0.2) is 33.4 Å². The molecule has 0 aliphatic carbocycles. The van der Waals surface area contributed by atoms with Gasteiger partial charge in [-0.25, -0.2) is 14.4 Å². The summed E-state index contributed by atoms with van der Waals surface area (Å²) in [6.07, 6.45) is -2.78. The van der Waals surface area contributed by atoms with Crippen LogP contribution in [0.3, 0.4) is 0 Å². The summed E-state index contributed by atoms with van der Waals surface area (Å²) in [6.45, 7) is 4.38. The molecule has 4 aromatic rings. The third kappa shape index (κ3) is 6.98. The maximum Gasteiger partial charge on any atom is 0.416 e. The van der Waals surface area contributed by atoms with Crippen LogP contribution in [0.1, 0.15) is 40.9 Å². The first kappa shape index (κ1) is 27.8. The lowest BCUT2D eigenvalue weighted by Gasteiger charge is -2.27. The van der Waals surface area contributed by atoms with Gasteiger partial charge in [0.25, 0.3) is 5.91 Å². The number of hydrogen-bond donors (Lipinski definition) is 1. The average molecular weight is 537 g/mol. The summed E-state index contributed by atoms with van der Waals surface area (Å²) in [4.78, 5) is 24.1. The Morgan fingerprint density at radius 2 is 1.64 bits per heavy atom. The third-order valence-electron chi connectivity index (χ3n) is 6.18. The highest BCUT2D eigenvalue weighted by Crippen LogP contribution is 2.30. The van der Waals surface area contributed by atoms with E-state index in [1.165, 1.54) is 24.4 Å². The summed E-state index contributed by atoms with van der Waals surface area (Å²) in [5.41, 5.74) is 1.15. The second-order valence-corrected chi connectivity index (χ2v) is 9.32. The molecule has 0 unspecified atom stereocenters. The van der Waals surface area contributed by atoms with Gasteiger partial charge in [0.15, 0.2) is 0 Å². The van der Waals surface area contributed by atoms with Gasteiger partial charge in [0.2, 0.25) is 5.95 Å². The fraction of sp³-hybridized carbons (Fsp3) is 0.233. The molecule has 4 rings (SSSR count). The minimum absolute atomic E-state index is 0.133. The van der Waals surface area contributed by atoms with Crippen LogP contribution in [0.2, 0.25) is 0 Å². The predicted molar refractivity (Wildman–Crippen MR) is 143 cm³/mol. The van der Waals surface area contributed by atoms with Crippen LogP contribution in [0.25, 0.3) is 11.3 Å². The topological polar surface area (TPSA) is 58.1 Å². The Morgan fingerprint density at radius 3 is 2.33 bits per heavy atom. The van der Waals surface area contributed by atoms with Crippen molar-refractivity contribution in [3.8, 4) is 11.3 Å². The first-order valence-corrected chi connectivity index (χ1v) is 12.5. The summed E-state index contributed by atoms with van der Waals surface area (Å²) in [6, 6.07) is 20.5. The Kier molecular flexibility index (Phi) is 8.59. The van der Waals surface area contributed by atoms with Gasteiger partial charge in [-0.15, -0.1) is 0 Å². The normalized spacial score (nSPS) is 11.5. The van der Waals surface area contributed by atoms with Crippen molar-refractivity contribution in [1.29, 1.82) is 0 Å². The van der Waals surface area contributed by atoms with Crippen LogP contribution in [-0.2, 0) is 19.1 Å². The number of nitrogens with one attached hydrogen (secondary N) is 1. The molecule has 0 atom stereocenters. The quantitative estimate of drug-likeness (QED) is 0.234. The summed E-state index contributed by atoms with van der Waals surface area (Å²) in [5, 5.41) is 2.99. The van der Waals surface area contributed by atoms with E-state index in [2.05, 4.69) is 15.3 Å². The van der Waals surface area contributed by atoms with E-state index in [1.54, 1.807) is 23.1 Å². The molecule has 0 aliphatic rings. The highest BCUT2D eigenvalue weighted by Gasteiger charge is 2.30. The van der Waals surface area contributed by atoms with E-state index in [-0.39, 0.29) is 47.7 Å². The molecule has 3 aromatic carbocycles. The maximum atomic E-state index is 14.9. The van der Waals surface area contributed by atoms with E-state index in [0.717, 1.165) is 17.7 Å². The molecule has 39 heavy (non-hydrogen) atoms. The zero-order chi connectivity index (χ0) is 28.0. The molecular weight excluding hydrogens is 508 g/mol. The summed E-state index contributed by atoms with van der Waals surface area (Å²) in [5.74, 6) is -0.752. The van der Waals surface area contributed by atoms with Crippen LogP contribution in [0, 0.1) is 5.82 Å². The fourth-order valence-corrected chi connectivity index (χ4v) is 4.13. The van der Waals surface area contributed by atoms with Gasteiger partial charge in [0.1, 0.15) is 5.82 Å². The number of rotatable bonds is 9. The lowest BCUT2D eigenvalue weighted by atomic mass is 10.0. The van der Waals surface area contributed by atoms with Crippen molar-refractivity contribution in [2.75, 3.05) is 11.9 Å². The van der Waals surface area contributed by atoms with Crippen LogP contribution < -0.4 is 5.32 Å². The number of carbonyl (C=O) groups excluding carboxylic acids is 1. The first-order valence-electron chi connectivity index (χ1n) is 12.5. The average Bonchev–Trinajstić information content (AvgIpc) is 2.92. The molecule has 0 aliphatic heterocycles. The number of anilines is 1. The Morgan fingerprint density at radius 1 is 0.949 bits per heavy atom. The van der Waals surface area contributed by atoms with Gasteiger partial charge in [0, 0.05) is 30.9 Å². The molecule has 0 radical (unpaired) electrons. The molecule has 1 N–H and O–H groups in total. The number of alkyl halides is 3. The lowest BCUT2D eigenvalue weighted by Crippen LogP contribution is -2.37. The molecule has 1 heterocycles. The summed E-state index contributed by atoms with van der Waals surface area (Å²) >= 11 is 0. The van der Waals surface area contributed by atoms with Crippen molar-refractivity contribution in [3.63, 3.8) is 0 Å². The van der Waals surface area contributed by atoms with Crippen LogP contribution in [0.5, 0.6) is 0 Å². The zero-order valence-corrected chi connectivity index (χ0v) is 21.5. The number of benzene rings is 3. The minimum Gasteiger partial charge on any atom is -0.354 e. The van der Waals surface area contributed by atoms with E-state index >= 15 is 0 Å². The smallest absolute Gasteiger partial charge is 0.354 e. The third-order valence-corrected chi connectivity index (χ3v) is 6.18. The van der Waals surface area contributed by atoms with Gasteiger partial charge in [-0.1, -0.05) is 60.7 Å². The number of hydrogen-bond acceptors (Lipinski definition) is 4. The number of halogens is 4. The monoisotopic (exact) mass is 536 g/mol. The molecule has 1 aromatic heterocycles. The number of nitrogens with zero attached hydrogens (tertiary/aromatic N) is 3. The van der Waals surface area contributed by atoms with Crippen LogP contribution in [0.4, 0.5) is 23.5 Å². The van der Waals surface area contributed by atoms with Gasteiger partial charge in [-0.2, -0.15) is 13.2 Å². The zero-order valence-electron chi connectivity index (χ0n) is 21.5. The second kappa shape index (κ2) is 12.1. The fourth-order valence-electron chi connectivity index (χ4n) is 4.13. The van der Waals surface area contributed by atoms with Crippen molar-refractivity contribution in [3.05, 3.63) is 113 Å². The Hall–Kier alpha value is -4.27. The lowest BCUT2D eigenvalue weighted by molar-refractivity contribution is -0.137. The highest BCUT2D eigenvalue weighted by atomic mass is 19.4. The standard InChI is InChI=1S/C30H28F4N4O/c1-20(2)38(19-22-9-4-3-5-10-22)28(39)25-18-36-29(37-27(25)24-13-6-7-14-26(24)31)35-16-15-21-11-8-12-23(17-21)30(32,33)34/h3-14,17-18,20H,15-16,19H2,1-2H3,(H,35,36,37). The molecule has 0 fully saturated rings. The Balaban J connectivity index is 1.61. The van der Waals surface area contributed by atoms with Gasteiger partial charge in [0.05, 0.1) is 16.8 Å². The highest BCUT2D eigenvalue weighted by molar-refractivity contribution is 6.00. The van der Waals surface area contributed by atoms with E-state index in [1.807, 2.05) is 44.2 Å². The van der Waals surface area contributed by atoms with Gasteiger partial charge >= 0.3 is 6.18 Å².